The molecule has 0 radical (unpaired) electrons. The largest absolute Gasteiger partial charge is 0.386 e. The number of aliphatic hydroxyl groups excluding tert-OH is 1. The van der Waals surface area contributed by atoms with Gasteiger partial charge in [0.05, 0.1) is 18.9 Å². The van der Waals surface area contributed by atoms with Crippen LogP contribution in [0.5, 0.6) is 0 Å². The van der Waals surface area contributed by atoms with Crippen LogP contribution in [-0.2, 0) is 17.3 Å². The molecule has 0 unspecified atom stereocenters. The number of benzene rings is 1. The molecule has 2 atom stereocenters. The van der Waals surface area contributed by atoms with Crippen LogP contribution in [0.15, 0.2) is 61.3 Å². The number of carbonyl (C=O) groups excluding carboxylic acids is 1. The van der Waals surface area contributed by atoms with E-state index in [0.29, 0.717) is 11.1 Å². The lowest BCUT2D eigenvalue weighted by Gasteiger charge is -2.22. The van der Waals surface area contributed by atoms with E-state index in [1.807, 2.05) is 0 Å². The predicted molar refractivity (Wildman–Crippen MR) is 105 cm³/mol. The first-order chi connectivity index (χ1) is 15.2. The van der Waals surface area contributed by atoms with Gasteiger partial charge >= 0.3 is 12.3 Å². The number of halogens is 5. The Bertz CT molecular complexity index is 1010. The number of nitrogens with one attached hydrogen (secondary N) is 1. The standard InChI is InChI=1S/C21H19F5N4O2/c22-9-16(29-20(32)19(23)24)18(31)14-3-1-13(2-4-14)15-5-6-17(28-10-15)21(25,26)11-30-8-7-27-12-30/h1-8,10,12,16,18-19,31H,9,11H2,(H,29,32)/t16-,18-/m1/s1. The van der Waals surface area contributed by atoms with Crippen LogP contribution in [0.25, 0.3) is 11.1 Å². The van der Waals surface area contributed by atoms with Gasteiger partial charge in [-0.05, 0) is 17.2 Å². The second-order valence-corrected chi connectivity index (χ2v) is 7.01. The van der Waals surface area contributed by atoms with Gasteiger partial charge in [0.15, 0.2) is 0 Å². The second-order valence-electron chi connectivity index (χ2n) is 7.01. The van der Waals surface area contributed by atoms with Crippen molar-refractivity contribution < 1.29 is 31.9 Å². The first kappa shape index (κ1) is 23.3. The first-order valence-corrected chi connectivity index (χ1v) is 9.44. The second kappa shape index (κ2) is 9.86. The lowest BCUT2D eigenvalue weighted by Crippen LogP contribution is -2.43. The lowest BCUT2D eigenvalue weighted by atomic mass is 9.99. The number of carbonyl (C=O) groups is 1. The number of nitrogens with zero attached hydrogens (tertiary/aromatic N) is 3. The lowest BCUT2D eigenvalue weighted by molar-refractivity contribution is -0.133. The average Bonchev–Trinajstić information content (AvgIpc) is 3.29. The van der Waals surface area contributed by atoms with Crippen LogP contribution < -0.4 is 5.32 Å². The summed E-state index contributed by atoms with van der Waals surface area (Å²) < 4.78 is 67.9. The highest BCUT2D eigenvalue weighted by molar-refractivity contribution is 5.79. The number of pyridine rings is 1. The number of alkyl halides is 5. The number of amides is 1. The summed E-state index contributed by atoms with van der Waals surface area (Å²) in [4.78, 5) is 18.7. The summed E-state index contributed by atoms with van der Waals surface area (Å²) >= 11 is 0. The fourth-order valence-electron chi connectivity index (χ4n) is 3.02. The molecule has 0 bridgehead atoms. The van der Waals surface area contributed by atoms with Gasteiger partial charge in [0.25, 0.3) is 5.91 Å². The topological polar surface area (TPSA) is 80.0 Å². The van der Waals surface area contributed by atoms with Gasteiger partial charge in [-0.1, -0.05) is 30.3 Å². The Kier molecular flexibility index (Phi) is 7.18. The highest BCUT2D eigenvalue weighted by Gasteiger charge is 2.33. The van der Waals surface area contributed by atoms with Crippen molar-refractivity contribution in [3.8, 4) is 11.1 Å². The number of rotatable bonds is 9. The van der Waals surface area contributed by atoms with Crippen molar-refractivity contribution in [3.05, 3.63) is 72.6 Å². The van der Waals surface area contributed by atoms with Gasteiger partial charge in [0, 0.05) is 24.2 Å². The molecule has 6 nitrogen and oxygen atoms in total. The third-order valence-electron chi connectivity index (χ3n) is 4.74. The maximum absolute atomic E-state index is 14.4. The molecule has 2 heterocycles. The van der Waals surface area contributed by atoms with E-state index in [9.17, 15) is 31.9 Å². The quantitative estimate of drug-likeness (QED) is 0.485. The fraction of sp³-hybridized carbons (Fsp3) is 0.286. The number of aromatic nitrogens is 3. The van der Waals surface area contributed by atoms with Gasteiger partial charge in [-0.2, -0.15) is 17.6 Å². The molecule has 3 rings (SSSR count). The summed E-state index contributed by atoms with van der Waals surface area (Å²) in [5, 5.41) is 11.9. The molecule has 3 aromatic rings. The van der Waals surface area contributed by atoms with Gasteiger partial charge in [-0.15, -0.1) is 0 Å². The summed E-state index contributed by atoms with van der Waals surface area (Å²) in [5.41, 5.74) is 0.859. The van der Waals surface area contributed by atoms with Crippen LogP contribution in [0.3, 0.4) is 0 Å². The van der Waals surface area contributed by atoms with Crippen LogP contribution in [-0.4, -0.2) is 44.7 Å². The Labute approximate surface area is 179 Å². The van der Waals surface area contributed by atoms with E-state index in [4.69, 9.17) is 0 Å². The highest BCUT2D eigenvalue weighted by atomic mass is 19.3. The van der Waals surface area contributed by atoms with Crippen molar-refractivity contribution in [3.63, 3.8) is 0 Å². The third-order valence-corrected chi connectivity index (χ3v) is 4.74. The molecule has 0 spiro atoms. The SMILES string of the molecule is O=C(N[C@H](CF)[C@H](O)c1ccc(-c2ccc(C(F)(F)Cn3ccnc3)nc2)cc1)C(F)F. The van der Waals surface area contributed by atoms with Crippen molar-refractivity contribution in [2.24, 2.45) is 0 Å². The molecule has 0 saturated heterocycles. The Hall–Kier alpha value is -3.34. The van der Waals surface area contributed by atoms with E-state index in [0.717, 1.165) is 0 Å². The molecule has 0 aliphatic rings. The van der Waals surface area contributed by atoms with Gasteiger partial charge in [0.1, 0.15) is 18.5 Å². The number of hydrogen-bond donors (Lipinski definition) is 2. The Morgan fingerprint density at radius 3 is 2.34 bits per heavy atom. The number of imidazole rings is 1. The van der Waals surface area contributed by atoms with Crippen molar-refractivity contribution in [2.45, 2.75) is 31.0 Å². The minimum Gasteiger partial charge on any atom is -0.386 e. The van der Waals surface area contributed by atoms with Gasteiger partial charge < -0.3 is 15.0 Å². The normalized spacial score (nSPS) is 13.7. The van der Waals surface area contributed by atoms with Crippen molar-refractivity contribution in [1.29, 1.82) is 0 Å². The Balaban J connectivity index is 1.71. The number of aliphatic hydroxyl groups is 1. The van der Waals surface area contributed by atoms with E-state index in [1.54, 1.807) is 5.32 Å². The van der Waals surface area contributed by atoms with Crippen LogP contribution in [0.1, 0.15) is 17.4 Å². The van der Waals surface area contributed by atoms with Gasteiger partial charge in [-0.3, -0.25) is 9.78 Å². The minimum absolute atomic E-state index is 0.183. The molecular formula is C21H19F5N4O2. The zero-order valence-electron chi connectivity index (χ0n) is 16.5. The molecule has 1 aromatic carbocycles. The Morgan fingerprint density at radius 2 is 1.81 bits per heavy atom. The van der Waals surface area contributed by atoms with E-state index in [2.05, 4.69) is 9.97 Å². The van der Waals surface area contributed by atoms with Crippen molar-refractivity contribution in [1.82, 2.24) is 19.9 Å². The molecule has 0 aliphatic heterocycles. The number of hydrogen-bond acceptors (Lipinski definition) is 4. The molecule has 2 N–H and O–H groups in total. The average molecular weight is 454 g/mol. The smallest absolute Gasteiger partial charge is 0.315 e. The first-order valence-electron chi connectivity index (χ1n) is 9.44. The van der Waals surface area contributed by atoms with Crippen LogP contribution in [0.2, 0.25) is 0 Å². The highest BCUT2D eigenvalue weighted by Crippen LogP contribution is 2.30. The van der Waals surface area contributed by atoms with Crippen LogP contribution in [0.4, 0.5) is 22.0 Å². The molecule has 32 heavy (non-hydrogen) atoms. The molecule has 0 aliphatic carbocycles. The molecule has 2 aromatic heterocycles. The molecule has 170 valence electrons. The predicted octanol–water partition coefficient (Wildman–Crippen LogP) is 3.49. The van der Waals surface area contributed by atoms with E-state index in [1.165, 1.54) is 65.9 Å². The zero-order valence-corrected chi connectivity index (χ0v) is 16.5. The minimum atomic E-state index is -3.33. The summed E-state index contributed by atoms with van der Waals surface area (Å²) in [6.45, 7) is -1.86. The van der Waals surface area contributed by atoms with E-state index in [-0.39, 0.29) is 5.56 Å². The van der Waals surface area contributed by atoms with Crippen molar-refractivity contribution >= 4 is 5.91 Å². The fourth-order valence-corrected chi connectivity index (χ4v) is 3.02. The van der Waals surface area contributed by atoms with E-state index >= 15 is 0 Å². The van der Waals surface area contributed by atoms with Crippen LogP contribution >= 0.6 is 0 Å². The van der Waals surface area contributed by atoms with Crippen molar-refractivity contribution in [2.75, 3.05) is 6.67 Å². The summed E-state index contributed by atoms with van der Waals surface area (Å²) in [6, 6.07) is 7.02. The molecule has 1 amide bonds. The maximum atomic E-state index is 14.4. The molecular weight excluding hydrogens is 435 g/mol. The Morgan fingerprint density at radius 1 is 1.12 bits per heavy atom. The molecule has 0 saturated carbocycles. The summed E-state index contributed by atoms with van der Waals surface area (Å²) in [6.07, 6.45) is 0.487. The maximum Gasteiger partial charge on any atom is 0.315 e. The van der Waals surface area contributed by atoms with Gasteiger partial charge in [0.2, 0.25) is 0 Å². The van der Waals surface area contributed by atoms with Gasteiger partial charge in [-0.25, -0.2) is 9.37 Å². The molecule has 0 fully saturated rings. The molecule has 11 heteroatoms. The summed E-state index contributed by atoms with van der Waals surface area (Å²) in [7, 11) is 0. The zero-order chi connectivity index (χ0) is 23.3. The van der Waals surface area contributed by atoms with E-state index < -0.39 is 49.3 Å². The monoisotopic (exact) mass is 454 g/mol. The van der Waals surface area contributed by atoms with Crippen LogP contribution in [0, 0.1) is 0 Å². The third kappa shape index (κ3) is 5.47. The summed E-state index contributed by atoms with van der Waals surface area (Å²) in [5.74, 6) is -4.89.